The van der Waals surface area contributed by atoms with E-state index in [1.807, 2.05) is 23.1 Å². The van der Waals surface area contributed by atoms with Gasteiger partial charge in [-0.05, 0) is 37.8 Å². The molecule has 6 nitrogen and oxygen atoms in total. The Morgan fingerprint density at radius 1 is 1.30 bits per heavy atom. The van der Waals surface area contributed by atoms with E-state index in [4.69, 9.17) is 0 Å². The molecule has 2 heterocycles. The van der Waals surface area contributed by atoms with Gasteiger partial charge in [-0.1, -0.05) is 25.0 Å². The highest BCUT2D eigenvalue weighted by molar-refractivity contribution is 5.77. The number of rotatable bonds is 4. The fourth-order valence-corrected chi connectivity index (χ4v) is 4.62. The molecule has 2 fully saturated rings. The molecule has 0 unspecified atom stereocenters. The van der Waals surface area contributed by atoms with Gasteiger partial charge in [0.15, 0.2) is 0 Å². The molecule has 6 heteroatoms. The second-order valence-electron chi connectivity index (χ2n) is 8.02. The molecule has 2 N–H and O–H groups in total. The van der Waals surface area contributed by atoms with Crippen LogP contribution in [0, 0.1) is 5.92 Å². The van der Waals surface area contributed by atoms with Crippen LogP contribution < -0.4 is 5.56 Å². The lowest BCUT2D eigenvalue weighted by atomic mass is 9.71. The quantitative estimate of drug-likeness (QED) is 0.866. The Hall–Kier alpha value is -2.21. The number of hydrogen-bond donors (Lipinski definition) is 2. The van der Waals surface area contributed by atoms with Crippen molar-refractivity contribution < 1.29 is 9.90 Å². The minimum atomic E-state index is -0.552. The molecule has 2 aliphatic rings. The van der Waals surface area contributed by atoms with Crippen LogP contribution >= 0.6 is 0 Å². The zero-order valence-corrected chi connectivity index (χ0v) is 15.6. The van der Waals surface area contributed by atoms with Crippen LogP contribution in [0.5, 0.6) is 0 Å². The van der Waals surface area contributed by atoms with Gasteiger partial charge in [-0.15, -0.1) is 0 Å². The molecule has 1 aliphatic heterocycles. The first-order chi connectivity index (χ1) is 13.0. The lowest BCUT2D eigenvalue weighted by Crippen LogP contribution is -2.54. The molecule has 0 radical (unpaired) electrons. The molecule has 0 spiro atoms. The van der Waals surface area contributed by atoms with Gasteiger partial charge < -0.3 is 15.0 Å². The van der Waals surface area contributed by atoms with Gasteiger partial charge in [-0.25, -0.2) is 4.98 Å². The number of nitrogens with zero attached hydrogens (tertiary/aromatic N) is 2. The minimum absolute atomic E-state index is 0.130. The third-order valence-corrected chi connectivity index (χ3v) is 6.25. The van der Waals surface area contributed by atoms with E-state index in [0.717, 1.165) is 25.7 Å². The molecule has 1 amide bonds. The number of H-pyrrole nitrogens is 1. The summed E-state index contributed by atoms with van der Waals surface area (Å²) in [6, 6.07) is 7.28. The summed E-state index contributed by atoms with van der Waals surface area (Å²) in [5, 5.41) is 11.3. The maximum Gasteiger partial charge on any atom is 0.258 e. The van der Waals surface area contributed by atoms with Crippen LogP contribution in [0.3, 0.4) is 0 Å². The van der Waals surface area contributed by atoms with Gasteiger partial charge >= 0.3 is 0 Å². The average molecular weight is 369 g/mol. The fourth-order valence-electron chi connectivity index (χ4n) is 4.62. The van der Waals surface area contributed by atoms with Crippen LogP contribution in [0.4, 0.5) is 0 Å². The first-order valence-corrected chi connectivity index (χ1v) is 10.0. The molecular weight excluding hydrogens is 342 g/mol. The first-order valence-electron chi connectivity index (χ1n) is 10.0. The number of piperidine rings is 1. The summed E-state index contributed by atoms with van der Waals surface area (Å²) < 4.78 is 0. The van der Waals surface area contributed by atoms with Crippen molar-refractivity contribution in [3.05, 3.63) is 40.4 Å². The summed E-state index contributed by atoms with van der Waals surface area (Å²) in [7, 11) is 0. The minimum Gasteiger partial charge on any atom is -0.389 e. The van der Waals surface area contributed by atoms with E-state index < -0.39 is 5.60 Å². The number of hydrogen-bond acceptors (Lipinski definition) is 4. The van der Waals surface area contributed by atoms with Crippen molar-refractivity contribution in [1.82, 2.24) is 14.9 Å². The number of carbonyl (C=O) groups excluding carboxylic acids is 1. The molecule has 1 saturated heterocycles. The number of aromatic nitrogens is 2. The molecule has 2 atom stereocenters. The van der Waals surface area contributed by atoms with Crippen molar-refractivity contribution in [3.8, 4) is 0 Å². The fraction of sp³-hybridized carbons (Fsp3) is 0.571. The second-order valence-corrected chi connectivity index (χ2v) is 8.02. The molecule has 144 valence electrons. The van der Waals surface area contributed by atoms with Gasteiger partial charge in [-0.3, -0.25) is 9.59 Å². The highest BCUT2D eigenvalue weighted by Gasteiger charge is 2.43. The predicted octanol–water partition coefficient (Wildman–Crippen LogP) is 2.40. The third kappa shape index (κ3) is 3.76. The summed E-state index contributed by atoms with van der Waals surface area (Å²) in [5.41, 5.74) is 0.00789. The molecule has 2 aromatic rings. The molecular formula is C21H27N3O3. The molecule has 1 aromatic heterocycles. The van der Waals surface area contributed by atoms with E-state index in [2.05, 4.69) is 9.97 Å². The summed E-state index contributed by atoms with van der Waals surface area (Å²) in [4.78, 5) is 33.9. The number of aryl methyl sites for hydroxylation is 1. The maximum atomic E-state index is 12.6. The summed E-state index contributed by atoms with van der Waals surface area (Å²) in [6.45, 7) is 1.33. The first kappa shape index (κ1) is 18.2. The molecule has 1 aliphatic carbocycles. The number of aliphatic hydroxyl groups is 1. The van der Waals surface area contributed by atoms with Crippen LogP contribution in [-0.4, -0.2) is 44.6 Å². The van der Waals surface area contributed by atoms with E-state index in [1.54, 1.807) is 6.07 Å². The number of likely N-dealkylation sites (tertiary alicyclic amines) is 1. The van der Waals surface area contributed by atoms with Crippen molar-refractivity contribution >= 4 is 16.8 Å². The van der Waals surface area contributed by atoms with Crippen LogP contribution in [0.15, 0.2) is 29.1 Å². The zero-order chi connectivity index (χ0) is 18.9. The van der Waals surface area contributed by atoms with Gasteiger partial charge in [0.25, 0.3) is 5.56 Å². The van der Waals surface area contributed by atoms with Gasteiger partial charge in [0.05, 0.1) is 16.5 Å². The van der Waals surface area contributed by atoms with Crippen molar-refractivity contribution in [2.45, 2.75) is 57.0 Å². The van der Waals surface area contributed by atoms with E-state index >= 15 is 0 Å². The third-order valence-electron chi connectivity index (χ3n) is 6.25. The Morgan fingerprint density at radius 2 is 2.15 bits per heavy atom. The number of fused-ring (bicyclic) bond motifs is 2. The number of benzene rings is 1. The number of nitrogens with one attached hydrogen (secondary N) is 1. The molecule has 27 heavy (non-hydrogen) atoms. The Labute approximate surface area is 158 Å². The number of amides is 1. The van der Waals surface area contributed by atoms with Crippen molar-refractivity contribution in [2.24, 2.45) is 5.92 Å². The monoisotopic (exact) mass is 369 g/mol. The second kappa shape index (κ2) is 7.43. The standard InChI is InChI=1S/C21H27N3O3/c25-19(24-13-12-21(27)11-4-3-6-15(21)14-24)10-5-9-18-22-17-8-2-1-7-16(17)20(26)23-18/h1-2,7-8,15,27H,3-6,9-14H2,(H,22,23,26)/t15-,21-/m1/s1. The van der Waals surface area contributed by atoms with Gasteiger partial charge in [-0.2, -0.15) is 0 Å². The highest BCUT2D eigenvalue weighted by Crippen LogP contribution is 2.39. The summed E-state index contributed by atoms with van der Waals surface area (Å²) in [5.74, 6) is 1.00. The molecule has 0 bridgehead atoms. The topological polar surface area (TPSA) is 86.3 Å². The average Bonchev–Trinajstić information content (AvgIpc) is 2.67. The van der Waals surface area contributed by atoms with Crippen LogP contribution in [-0.2, 0) is 11.2 Å². The Kier molecular flexibility index (Phi) is 5.00. The van der Waals surface area contributed by atoms with Crippen molar-refractivity contribution in [3.63, 3.8) is 0 Å². The number of para-hydroxylation sites is 1. The SMILES string of the molecule is O=C(CCCc1nc2ccccc2c(=O)[nH]1)N1CC[C@]2(O)CCCC[C@@H]2C1. The van der Waals surface area contributed by atoms with E-state index in [0.29, 0.717) is 55.5 Å². The number of carbonyl (C=O) groups is 1. The van der Waals surface area contributed by atoms with E-state index in [1.165, 1.54) is 0 Å². The van der Waals surface area contributed by atoms with E-state index in [-0.39, 0.29) is 17.4 Å². The Morgan fingerprint density at radius 3 is 3.04 bits per heavy atom. The predicted molar refractivity (Wildman–Crippen MR) is 103 cm³/mol. The number of aromatic amines is 1. The lowest BCUT2D eigenvalue weighted by molar-refractivity contribution is -0.143. The highest BCUT2D eigenvalue weighted by atomic mass is 16.3. The van der Waals surface area contributed by atoms with Gasteiger partial charge in [0.1, 0.15) is 5.82 Å². The summed E-state index contributed by atoms with van der Waals surface area (Å²) >= 11 is 0. The maximum absolute atomic E-state index is 12.6. The molecule has 1 aromatic carbocycles. The normalized spacial score (nSPS) is 25.4. The smallest absolute Gasteiger partial charge is 0.258 e. The largest absolute Gasteiger partial charge is 0.389 e. The van der Waals surface area contributed by atoms with E-state index in [9.17, 15) is 14.7 Å². The lowest BCUT2D eigenvalue weighted by Gasteiger charge is -2.47. The van der Waals surface area contributed by atoms with Crippen LogP contribution in [0.25, 0.3) is 10.9 Å². The van der Waals surface area contributed by atoms with Crippen molar-refractivity contribution in [2.75, 3.05) is 13.1 Å². The molecule has 4 rings (SSSR count). The van der Waals surface area contributed by atoms with Gasteiger partial charge in [0, 0.05) is 31.8 Å². The van der Waals surface area contributed by atoms with Crippen molar-refractivity contribution in [1.29, 1.82) is 0 Å². The zero-order valence-electron chi connectivity index (χ0n) is 15.6. The van der Waals surface area contributed by atoms with Gasteiger partial charge in [0.2, 0.25) is 5.91 Å². The Balaban J connectivity index is 1.33. The summed E-state index contributed by atoms with van der Waals surface area (Å²) in [6.07, 6.45) is 6.51. The van der Waals surface area contributed by atoms with Crippen LogP contribution in [0.1, 0.15) is 50.8 Å². The molecule has 1 saturated carbocycles. The van der Waals surface area contributed by atoms with Crippen LogP contribution in [0.2, 0.25) is 0 Å². The Bertz CT molecular complexity index is 894.